The van der Waals surface area contributed by atoms with Crippen LogP contribution in [-0.2, 0) is 10.4 Å². The molecule has 0 saturated heterocycles. The second-order valence-corrected chi connectivity index (χ2v) is 4.06. The van der Waals surface area contributed by atoms with E-state index >= 15 is 0 Å². The standard InChI is InChI=1S/C8H13N3.H2O4S/c1-4-6(9)3-7(10)5(2)8(4)11;1-5(2,3)4/h3H,9-11H2,1-2H3;(H2,1,2,3,4). The summed E-state index contributed by atoms with van der Waals surface area (Å²) >= 11 is 0. The molecule has 0 unspecified atom stereocenters. The van der Waals surface area contributed by atoms with Crippen LogP contribution < -0.4 is 17.2 Å². The Morgan fingerprint density at radius 2 is 1.25 bits per heavy atom. The van der Waals surface area contributed by atoms with Crippen molar-refractivity contribution in [2.24, 2.45) is 0 Å². The first-order valence-corrected chi connectivity index (χ1v) is 5.54. The molecular formula is C8H15N3O4S. The largest absolute Gasteiger partial charge is 0.398 e. The second kappa shape index (κ2) is 5.01. The Balaban J connectivity index is 0.000000385. The van der Waals surface area contributed by atoms with E-state index in [0.29, 0.717) is 17.1 Å². The molecule has 0 saturated carbocycles. The van der Waals surface area contributed by atoms with Gasteiger partial charge in [-0.3, -0.25) is 9.11 Å². The summed E-state index contributed by atoms with van der Waals surface area (Å²) in [6, 6.07) is 1.74. The van der Waals surface area contributed by atoms with E-state index in [-0.39, 0.29) is 0 Å². The fourth-order valence-electron chi connectivity index (χ4n) is 0.976. The first-order chi connectivity index (χ1) is 7.04. The Labute approximate surface area is 93.8 Å². The molecule has 8 heteroatoms. The van der Waals surface area contributed by atoms with Gasteiger partial charge < -0.3 is 17.2 Å². The molecule has 0 amide bonds. The van der Waals surface area contributed by atoms with Crippen molar-refractivity contribution in [1.29, 1.82) is 0 Å². The van der Waals surface area contributed by atoms with Crippen LogP contribution in [0.15, 0.2) is 6.07 Å². The summed E-state index contributed by atoms with van der Waals surface area (Å²) in [6.45, 7) is 3.77. The summed E-state index contributed by atoms with van der Waals surface area (Å²) in [7, 11) is -4.67. The summed E-state index contributed by atoms with van der Waals surface area (Å²) < 4.78 is 31.6. The molecule has 0 atom stereocenters. The zero-order valence-corrected chi connectivity index (χ0v) is 9.75. The number of anilines is 3. The van der Waals surface area contributed by atoms with Gasteiger partial charge in [0, 0.05) is 17.1 Å². The lowest BCUT2D eigenvalue weighted by molar-refractivity contribution is 0.381. The maximum absolute atomic E-state index is 8.74. The third kappa shape index (κ3) is 4.82. The van der Waals surface area contributed by atoms with Crippen molar-refractivity contribution in [2.45, 2.75) is 13.8 Å². The fourth-order valence-corrected chi connectivity index (χ4v) is 0.976. The monoisotopic (exact) mass is 249 g/mol. The van der Waals surface area contributed by atoms with E-state index in [1.54, 1.807) is 6.07 Å². The molecule has 0 spiro atoms. The van der Waals surface area contributed by atoms with Gasteiger partial charge in [0.05, 0.1) is 0 Å². The topological polar surface area (TPSA) is 153 Å². The number of rotatable bonds is 0. The van der Waals surface area contributed by atoms with Gasteiger partial charge in [-0.15, -0.1) is 0 Å². The van der Waals surface area contributed by atoms with E-state index in [2.05, 4.69) is 0 Å². The predicted molar refractivity (Wildman–Crippen MR) is 63.3 cm³/mol. The maximum Gasteiger partial charge on any atom is 0.394 e. The van der Waals surface area contributed by atoms with Crippen LogP contribution in [0.3, 0.4) is 0 Å². The van der Waals surface area contributed by atoms with Gasteiger partial charge in [-0.25, -0.2) is 0 Å². The molecule has 7 nitrogen and oxygen atoms in total. The van der Waals surface area contributed by atoms with Gasteiger partial charge in [-0.2, -0.15) is 8.42 Å². The van der Waals surface area contributed by atoms with Crippen molar-refractivity contribution in [1.82, 2.24) is 0 Å². The van der Waals surface area contributed by atoms with E-state index in [0.717, 1.165) is 11.1 Å². The minimum atomic E-state index is -4.67. The average Bonchev–Trinajstić information content (AvgIpc) is 2.09. The molecule has 0 bridgehead atoms. The molecule has 0 aromatic heterocycles. The van der Waals surface area contributed by atoms with E-state index in [1.165, 1.54) is 0 Å². The van der Waals surface area contributed by atoms with Crippen molar-refractivity contribution < 1.29 is 17.5 Å². The average molecular weight is 249 g/mol. The lowest BCUT2D eigenvalue weighted by atomic mass is 10.1. The second-order valence-electron chi connectivity index (χ2n) is 3.17. The van der Waals surface area contributed by atoms with Gasteiger partial charge in [0.2, 0.25) is 0 Å². The number of hydrogen-bond donors (Lipinski definition) is 5. The van der Waals surface area contributed by atoms with Crippen LogP contribution in [0.25, 0.3) is 0 Å². The van der Waals surface area contributed by atoms with Crippen LogP contribution in [0.4, 0.5) is 17.1 Å². The van der Waals surface area contributed by atoms with Crippen LogP contribution in [0.2, 0.25) is 0 Å². The Bertz CT molecular complexity index is 450. The molecule has 92 valence electrons. The first-order valence-electron chi connectivity index (χ1n) is 4.14. The van der Waals surface area contributed by atoms with Gasteiger partial charge in [0.1, 0.15) is 0 Å². The van der Waals surface area contributed by atoms with Gasteiger partial charge in [-0.1, -0.05) is 0 Å². The minimum absolute atomic E-state index is 0.658. The first kappa shape index (κ1) is 14.5. The van der Waals surface area contributed by atoms with Crippen LogP contribution in [0.1, 0.15) is 11.1 Å². The molecule has 1 rings (SSSR count). The fraction of sp³-hybridized carbons (Fsp3) is 0.250. The SMILES string of the molecule is Cc1c(N)cc(N)c(C)c1N.O=S(=O)(O)O. The third-order valence-electron chi connectivity index (χ3n) is 1.99. The number of hydrogen-bond acceptors (Lipinski definition) is 5. The van der Waals surface area contributed by atoms with Crippen molar-refractivity contribution >= 4 is 27.5 Å². The van der Waals surface area contributed by atoms with Crippen molar-refractivity contribution in [3.05, 3.63) is 17.2 Å². The highest BCUT2D eigenvalue weighted by molar-refractivity contribution is 7.79. The summed E-state index contributed by atoms with van der Waals surface area (Å²) in [5.74, 6) is 0. The van der Waals surface area contributed by atoms with Crippen LogP contribution in [0, 0.1) is 13.8 Å². The van der Waals surface area contributed by atoms with E-state index < -0.39 is 10.4 Å². The molecule has 0 fully saturated rings. The number of benzene rings is 1. The predicted octanol–water partition coefficient (Wildman–Crippen LogP) is 0.397. The smallest absolute Gasteiger partial charge is 0.394 e. The zero-order chi connectivity index (χ0) is 13.1. The molecule has 1 aromatic rings. The van der Waals surface area contributed by atoms with Crippen molar-refractivity contribution in [3.8, 4) is 0 Å². The highest BCUT2D eigenvalue weighted by Crippen LogP contribution is 2.27. The van der Waals surface area contributed by atoms with Crippen molar-refractivity contribution in [3.63, 3.8) is 0 Å². The van der Waals surface area contributed by atoms with E-state index in [4.69, 9.17) is 34.7 Å². The molecule has 8 N–H and O–H groups in total. The molecule has 0 radical (unpaired) electrons. The summed E-state index contributed by atoms with van der Waals surface area (Å²) in [5.41, 5.74) is 20.8. The molecule has 0 aliphatic rings. The number of nitrogens with two attached hydrogens (primary N) is 3. The lowest BCUT2D eigenvalue weighted by Gasteiger charge is -2.09. The molecule has 16 heavy (non-hydrogen) atoms. The maximum atomic E-state index is 8.74. The Morgan fingerprint density at radius 3 is 1.50 bits per heavy atom. The van der Waals surface area contributed by atoms with Crippen molar-refractivity contribution in [2.75, 3.05) is 17.2 Å². The summed E-state index contributed by atoms with van der Waals surface area (Å²) in [5, 5.41) is 0. The molecule has 1 aromatic carbocycles. The Kier molecular flexibility index (Phi) is 4.54. The zero-order valence-electron chi connectivity index (χ0n) is 8.93. The quantitative estimate of drug-likeness (QED) is 0.329. The van der Waals surface area contributed by atoms with Gasteiger partial charge >= 0.3 is 10.4 Å². The van der Waals surface area contributed by atoms with E-state index in [1.807, 2.05) is 13.8 Å². The highest BCUT2D eigenvalue weighted by atomic mass is 32.3. The molecule has 0 aliphatic carbocycles. The van der Waals surface area contributed by atoms with Gasteiger partial charge in [0.15, 0.2) is 0 Å². The normalized spacial score (nSPS) is 10.5. The summed E-state index contributed by atoms with van der Waals surface area (Å²) in [6.07, 6.45) is 0. The molecule has 0 heterocycles. The van der Waals surface area contributed by atoms with Crippen LogP contribution in [0.5, 0.6) is 0 Å². The van der Waals surface area contributed by atoms with Gasteiger partial charge in [0.25, 0.3) is 0 Å². The van der Waals surface area contributed by atoms with Crippen LogP contribution >= 0.6 is 0 Å². The minimum Gasteiger partial charge on any atom is -0.398 e. The Hall–Kier alpha value is -1.51. The lowest BCUT2D eigenvalue weighted by Crippen LogP contribution is -2.02. The van der Waals surface area contributed by atoms with Crippen LogP contribution in [-0.4, -0.2) is 17.5 Å². The Morgan fingerprint density at radius 1 is 1.00 bits per heavy atom. The third-order valence-corrected chi connectivity index (χ3v) is 1.99. The molecule has 0 aliphatic heterocycles. The van der Waals surface area contributed by atoms with E-state index in [9.17, 15) is 0 Å². The highest BCUT2D eigenvalue weighted by Gasteiger charge is 2.04. The molecular weight excluding hydrogens is 234 g/mol. The number of nitrogen functional groups attached to an aromatic ring is 3. The summed E-state index contributed by atoms with van der Waals surface area (Å²) in [4.78, 5) is 0. The van der Waals surface area contributed by atoms with Gasteiger partial charge in [-0.05, 0) is 31.0 Å².